The first kappa shape index (κ1) is 31.8. The number of rotatable bonds is 11. The number of carbonyl (C=O) groups is 2. The van der Waals surface area contributed by atoms with Crippen molar-refractivity contribution in [1.82, 2.24) is 25.1 Å². The molecule has 0 bridgehead atoms. The molecule has 3 aromatic carbocycles. The molecule has 2 N–H and O–H groups in total. The molecule has 13 heteroatoms. The quantitative estimate of drug-likeness (QED) is 0.245. The summed E-state index contributed by atoms with van der Waals surface area (Å²) in [5.74, 6) is -1.21. The van der Waals surface area contributed by atoms with E-state index in [0.717, 1.165) is 37.3 Å². The number of anilines is 2. The number of benzene rings is 3. The van der Waals surface area contributed by atoms with Crippen LogP contribution in [0, 0.1) is 11.6 Å². The van der Waals surface area contributed by atoms with Crippen molar-refractivity contribution in [2.45, 2.75) is 13.1 Å². The average molecular weight is 645 g/mol. The number of hydrogen-bond donors (Lipinski definition) is 2. The van der Waals surface area contributed by atoms with Gasteiger partial charge < -0.3 is 29.7 Å². The lowest BCUT2D eigenvalue weighted by molar-refractivity contribution is 0.0383. The smallest absolute Gasteiger partial charge is 0.260 e. The van der Waals surface area contributed by atoms with Crippen molar-refractivity contribution in [2.75, 3.05) is 58.9 Å². The van der Waals surface area contributed by atoms with Gasteiger partial charge in [0, 0.05) is 49.1 Å². The fourth-order valence-corrected chi connectivity index (χ4v) is 5.58. The predicted octanol–water partition coefficient (Wildman–Crippen LogP) is 4.40. The summed E-state index contributed by atoms with van der Waals surface area (Å²) in [5, 5.41) is 6.05. The molecule has 11 nitrogen and oxygen atoms in total. The number of morpholine rings is 1. The highest BCUT2D eigenvalue weighted by Crippen LogP contribution is 2.35. The van der Waals surface area contributed by atoms with E-state index in [1.54, 1.807) is 54.5 Å². The molecule has 6 rings (SSSR count). The summed E-state index contributed by atoms with van der Waals surface area (Å²) < 4.78 is 45.9. The van der Waals surface area contributed by atoms with Gasteiger partial charge in [0.2, 0.25) is 0 Å². The van der Waals surface area contributed by atoms with Gasteiger partial charge >= 0.3 is 0 Å². The molecule has 2 amide bonds. The van der Waals surface area contributed by atoms with Crippen LogP contribution in [0.3, 0.4) is 0 Å². The topological polar surface area (TPSA) is 118 Å². The van der Waals surface area contributed by atoms with Gasteiger partial charge in [-0.05, 0) is 48.5 Å². The molecule has 47 heavy (non-hydrogen) atoms. The lowest BCUT2D eigenvalue weighted by atomic mass is 10.1. The Bertz CT molecular complexity index is 1760. The van der Waals surface area contributed by atoms with Crippen LogP contribution < -0.4 is 20.1 Å². The fourth-order valence-electron chi connectivity index (χ4n) is 5.58. The third-order valence-corrected chi connectivity index (χ3v) is 8.09. The fraction of sp³-hybridized carbons (Fsp3) is 0.294. The Hall–Kier alpha value is -5.14. The molecule has 1 saturated heterocycles. The van der Waals surface area contributed by atoms with Crippen molar-refractivity contribution in [3.63, 3.8) is 0 Å². The van der Waals surface area contributed by atoms with E-state index in [9.17, 15) is 18.4 Å². The minimum Gasteiger partial charge on any atom is -0.497 e. The summed E-state index contributed by atoms with van der Waals surface area (Å²) in [6.07, 6.45) is 0. The summed E-state index contributed by atoms with van der Waals surface area (Å²) in [6.45, 7) is 4.55. The van der Waals surface area contributed by atoms with Crippen LogP contribution >= 0.6 is 0 Å². The molecular weight excluding hydrogens is 610 g/mol. The van der Waals surface area contributed by atoms with E-state index in [-0.39, 0.29) is 42.1 Å². The molecule has 0 radical (unpaired) electrons. The molecule has 1 fully saturated rings. The molecule has 0 unspecified atom stereocenters. The van der Waals surface area contributed by atoms with Crippen LogP contribution in [0.15, 0.2) is 60.7 Å². The van der Waals surface area contributed by atoms with Gasteiger partial charge in [0.05, 0.1) is 51.8 Å². The van der Waals surface area contributed by atoms with Crippen LogP contribution in [0.4, 0.5) is 20.3 Å². The zero-order valence-corrected chi connectivity index (χ0v) is 26.0. The van der Waals surface area contributed by atoms with Gasteiger partial charge in [-0.15, -0.1) is 0 Å². The molecule has 4 aromatic rings. The Morgan fingerprint density at radius 3 is 2.40 bits per heavy atom. The number of carbonyl (C=O) groups excluding carboxylic acids is 2. The Labute approximate surface area is 270 Å². The summed E-state index contributed by atoms with van der Waals surface area (Å²) in [4.78, 5) is 39.2. The Balaban J connectivity index is 1.25. The number of halogens is 2. The number of amides is 2. The number of nitrogens with zero attached hydrogens (tertiary/aromatic N) is 4. The minimum absolute atomic E-state index is 0.0766. The lowest BCUT2D eigenvalue weighted by Gasteiger charge is -2.26. The second kappa shape index (κ2) is 14.1. The van der Waals surface area contributed by atoms with E-state index in [1.807, 2.05) is 0 Å². The van der Waals surface area contributed by atoms with Crippen molar-refractivity contribution in [3.05, 3.63) is 94.7 Å². The van der Waals surface area contributed by atoms with E-state index in [4.69, 9.17) is 14.2 Å². The molecule has 0 atom stereocenters. The minimum atomic E-state index is -0.830. The number of nitrogens with one attached hydrogen (secondary N) is 2. The maximum absolute atomic E-state index is 14.9. The van der Waals surface area contributed by atoms with Gasteiger partial charge in [-0.1, -0.05) is 6.07 Å². The summed E-state index contributed by atoms with van der Waals surface area (Å²) in [6, 6.07) is 15.5. The number of methoxy groups -OCH3 is 2. The maximum atomic E-state index is 14.9. The summed E-state index contributed by atoms with van der Waals surface area (Å²) in [7, 11) is 3.08. The van der Waals surface area contributed by atoms with Gasteiger partial charge in [0.15, 0.2) is 5.82 Å². The Morgan fingerprint density at radius 1 is 0.957 bits per heavy atom. The van der Waals surface area contributed by atoms with E-state index in [1.165, 1.54) is 13.2 Å². The van der Waals surface area contributed by atoms with Crippen molar-refractivity contribution in [1.29, 1.82) is 0 Å². The van der Waals surface area contributed by atoms with E-state index >= 15 is 0 Å². The molecule has 244 valence electrons. The zero-order chi connectivity index (χ0) is 32.9. The predicted molar refractivity (Wildman–Crippen MR) is 170 cm³/mol. The van der Waals surface area contributed by atoms with Crippen LogP contribution in [-0.2, 0) is 17.8 Å². The van der Waals surface area contributed by atoms with Crippen molar-refractivity contribution >= 4 is 23.3 Å². The molecule has 0 saturated carbocycles. The van der Waals surface area contributed by atoms with Gasteiger partial charge in [-0.3, -0.25) is 14.5 Å². The lowest BCUT2D eigenvalue weighted by Crippen LogP contribution is -2.41. The number of ether oxygens (including phenoxy) is 3. The SMILES string of the molecule is COc1ccc(CN2Cc3nc(-c4c(F)cccc4F)nc(Nc4ccc(C(=O)NCCN5CCOCC5)cc4)c3C2=O)c(OC)c1. The molecule has 0 aliphatic carbocycles. The van der Waals surface area contributed by atoms with Crippen LogP contribution in [0.1, 0.15) is 32.0 Å². The number of fused-ring (bicyclic) bond motifs is 1. The largest absolute Gasteiger partial charge is 0.497 e. The third-order valence-electron chi connectivity index (χ3n) is 8.09. The maximum Gasteiger partial charge on any atom is 0.260 e. The first-order valence-corrected chi connectivity index (χ1v) is 15.2. The second-order valence-electron chi connectivity index (χ2n) is 11.1. The van der Waals surface area contributed by atoms with Gasteiger partial charge in [-0.2, -0.15) is 0 Å². The van der Waals surface area contributed by atoms with Crippen LogP contribution in [0.2, 0.25) is 0 Å². The number of hydrogen-bond acceptors (Lipinski definition) is 9. The number of aromatic nitrogens is 2. The summed E-state index contributed by atoms with van der Waals surface area (Å²) >= 11 is 0. The van der Waals surface area contributed by atoms with Gasteiger partial charge in [-0.25, -0.2) is 18.7 Å². The van der Waals surface area contributed by atoms with Crippen LogP contribution in [0.5, 0.6) is 11.5 Å². The molecule has 2 aliphatic rings. The monoisotopic (exact) mass is 644 g/mol. The van der Waals surface area contributed by atoms with Crippen molar-refractivity contribution < 1.29 is 32.6 Å². The average Bonchev–Trinajstić information content (AvgIpc) is 3.40. The molecular formula is C34H34F2N6O5. The highest BCUT2D eigenvalue weighted by molar-refractivity contribution is 6.03. The first-order valence-electron chi connectivity index (χ1n) is 15.2. The molecule has 0 spiro atoms. The molecule has 3 heterocycles. The van der Waals surface area contributed by atoms with Crippen molar-refractivity contribution in [3.8, 4) is 22.9 Å². The Morgan fingerprint density at radius 2 is 1.70 bits per heavy atom. The normalized spacial score (nSPS) is 14.6. The zero-order valence-electron chi connectivity index (χ0n) is 26.0. The van der Waals surface area contributed by atoms with Gasteiger partial charge in [0.25, 0.3) is 11.8 Å². The highest BCUT2D eigenvalue weighted by Gasteiger charge is 2.34. The van der Waals surface area contributed by atoms with Gasteiger partial charge in [0.1, 0.15) is 34.5 Å². The van der Waals surface area contributed by atoms with E-state index < -0.39 is 17.2 Å². The van der Waals surface area contributed by atoms with E-state index in [0.29, 0.717) is 48.2 Å². The second-order valence-corrected chi connectivity index (χ2v) is 11.1. The van der Waals surface area contributed by atoms with Crippen molar-refractivity contribution in [2.24, 2.45) is 0 Å². The molecule has 1 aromatic heterocycles. The highest BCUT2D eigenvalue weighted by atomic mass is 19.1. The first-order chi connectivity index (χ1) is 22.8. The van der Waals surface area contributed by atoms with Crippen LogP contribution in [-0.4, -0.2) is 85.2 Å². The standard InChI is InChI=1S/C34H34F2N6O5/c1-45-24-11-8-22(28(18-24)46-2)19-42-20-27-30(34(42)44)32(40-31(39-27)29-25(35)4-3-5-26(29)36)38-23-9-6-21(7-10-23)33(43)37-12-13-41-14-16-47-17-15-41/h3-11,18H,12-17,19-20H2,1-2H3,(H,37,43)(H,38,39,40). The third kappa shape index (κ3) is 7.00. The van der Waals surface area contributed by atoms with Crippen LogP contribution in [0.25, 0.3) is 11.4 Å². The summed E-state index contributed by atoms with van der Waals surface area (Å²) in [5.41, 5.74) is 1.80. The van der Waals surface area contributed by atoms with E-state index in [2.05, 4.69) is 25.5 Å². The Kier molecular flexibility index (Phi) is 9.55. The molecule has 2 aliphatic heterocycles.